The van der Waals surface area contributed by atoms with Crippen molar-refractivity contribution in [1.82, 2.24) is 34.3 Å². The molecule has 1 aliphatic rings. The van der Waals surface area contributed by atoms with Crippen molar-refractivity contribution in [1.29, 1.82) is 0 Å². The topological polar surface area (TPSA) is 127 Å². The van der Waals surface area contributed by atoms with Crippen molar-refractivity contribution in [3.05, 3.63) is 55.0 Å². The summed E-state index contributed by atoms with van der Waals surface area (Å²) in [7, 11) is 0. The van der Waals surface area contributed by atoms with Gasteiger partial charge in [-0.25, -0.2) is 24.6 Å². The zero-order valence-electron chi connectivity index (χ0n) is 17.6. The van der Waals surface area contributed by atoms with Gasteiger partial charge in [0.15, 0.2) is 10.8 Å². The molecule has 0 amide bonds. The molecule has 168 valence electrons. The van der Waals surface area contributed by atoms with Gasteiger partial charge in [-0.3, -0.25) is 0 Å². The lowest BCUT2D eigenvalue weighted by Crippen LogP contribution is -2.45. The molecule has 0 spiro atoms. The van der Waals surface area contributed by atoms with E-state index in [1.165, 1.54) is 6.33 Å². The summed E-state index contributed by atoms with van der Waals surface area (Å²) < 4.78 is 4.73. The second-order valence-electron chi connectivity index (χ2n) is 8.31. The van der Waals surface area contributed by atoms with Crippen LogP contribution < -0.4 is 5.32 Å². The van der Waals surface area contributed by atoms with Gasteiger partial charge in [-0.15, -0.1) is 0 Å². The minimum atomic E-state index is -0.770. The molecule has 1 fully saturated rings. The van der Waals surface area contributed by atoms with Crippen LogP contribution in [-0.2, 0) is 6.54 Å². The number of anilines is 1. The largest absolute Gasteiger partial charge is 0.390 e. The standard InChI is InChI=1S/C22H22N8O2S/c31-18-3-1-2-16(20(18)32)28-22-27-15-5-4-13(6-19(15)33-22)9-29-12-25-17-7-14(8-24-21(17)29)30-11-23-10-26-30/h4-8,10-12,16,18,20,31-32H,1-3,9H2,(H,27,28)/t16-,18-,20+/m1/s1. The number of aromatic nitrogens is 7. The van der Waals surface area contributed by atoms with Crippen LogP contribution in [0.2, 0.25) is 0 Å². The molecule has 0 radical (unpaired) electrons. The fourth-order valence-corrected chi connectivity index (χ4v) is 5.31. The lowest BCUT2D eigenvalue weighted by molar-refractivity contribution is -0.0161. The van der Waals surface area contributed by atoms with Crippen LogP contribution in [0.5, 0.6) is 0 Å². The third-order valence-corrected chi connectivity index (χ3v) is 7.01. The fourth-order valence-electron chi connectivity index (χ4n) is 4.32. The zero-order chi connectivity index (χ0) is 22.4. The maximum absolute atomic E-state index is 10.3. The highest BCUT2D eigenvalue weighted by atomic mass is 32.1. The number of aliphatic hydroxyl groups is 2. The molecule has 1 aromatic carbocycles. The first-order chi connectivity index (χ1) is 16.1. The number of rotatable bonds is 5. The van der Waals surface area contributed by atoms with Gasteiger partial charge in [-0.1, -0.05) is 17.4 Å². The second-order valence-corrected chi connectivity index (χ2v) is 9.34. The Kier molecular flexibility index (Phi) is 5.01. The third kappa shape index (κ3) is 3.84. The molecule has 11 heteroatoms. The predicted octanol–water partition coefficient (Wildman–Crippen LogP) is 2.36. The van der Waals surface area contributed by atoms with Gasteiger partial charge in [0.1, 0.15) is 18.2 Å². The fraction of sp³-hybridized carbons (Fsp3) is 0.318. The summed E-state index contributed by atoms with van der Waals surface area (Å²) in [5.74, 6) is 0. The van der Waals surface area contributed by atoms with E-state index in [0.717, 1.165) is 50.6 Å². The van der Waals surface area contributed by atoms with Crippen LogP contribution in [0.3, 0.4) is 0 Å². The summed E-state index contributed by atoms with van der Waals surface area (Å²) in [5, 5.41) is 28.4. The number of fused-ring (bicyclic) bond motifs is 2. The molecule has 1 aliphatic carbocycles. The molecule has 1 saturated carbocycles. The Labute approximate surface area is 192 Å². The molecule has 3 atom stereocenters. The normalized spacial score (nSPS) is 21.1. The molecule has 0 aliphatic heterocycles. The number of hydrogen-bond donors (Lipinski definition) is 3. The van der Waals surface area contributed by atoms with Crippen molar-refractivity contribution in [3.63, 3.8) is 0 Å². The molecule has 33 heavy (non-hydrogen) atoms. The lowest BCUT2D eigenvalue weighted by atomic mass is 9.90. The molecule has 10 nitrogen and oxygen atoms in total. The van der Waals surface area contributed by atoms with Gasteiger partial charge in [0, 0.05) is 0 Å². The Morgan fingerprint density at radius 1 is 1.09 bits per heavy atom. The predicted molar refractivity (Wildman–Crippen MR) is 124 cm³/mol. The average Bonchev–Trinajstić information content (AvgIpc) is 3.56. The molecule has 0 saturated heterocycles. The van der Waals surface area contributed by atoms with Crippen LogP contribution in [0.25, 0.3) is 27.1 Å². The quantitative estimate of drug-likeness (QED) is 0.363. The van der Waals surface area contributed by atoms with Gasteiger partial charge < -0.3 is 20.1 Å². The van der Waals surface area contributed by atoms with Crippen molar-refractivity contribution in [2.24, 2.45) is 0 Å². The number of hydrogen-bond acceptors (Lipinski definition) is 9. The van der Waals surface area contributed by atoms with Crippen molar-refractivity contribution >= 4 is 37.8 Å². The number of pyridine rings is 1. The Morgan fingerprint density at radius 2 is 2.03 bits per heavy atom. The molecule has 4 heterocycles. The van der Waals surface area contributed by atoms with Crippen LogP contribution in [0.1, 0.15) is 24.8 Å². The summed E-state index contributed by atoms with van der Waals surface area (Å²) in [4.78, 5) is 17.7. The smallest absolute Gasteiger partial charge is 0.184 e. The first-order valence-electron chi connectivity index (χ1n) is 10.8. The summed E-state index contributed by atoms with van der Waals surface area (Å²) >= 11 is 1.55. The Balaban J connectivity index is 1.23. The minimum absolute atomic E-state index is 0.181. The number of aliphatic hydroxyl groups excluding tert-OH is 2. The van der Waals surface area contributed by atoms with Gasteiger partial charge in [0.2, 0.25) is 0 Å². The molecule has 3 N–H and O–H groups in total. The maximum atomic E-state index is 10.3. The van der Waals surface area contributed by atoms with Crippen molar-refractivity contribution in [3.8, 4) is 5.69 Å². The van der Waals surface area contributed by atoms with Crippen LogP contribution in [-0.4, -0.2) is 62.7 Å². The van der Waals surface area contributed by atoms with Gasteiger partial charge in [0.05, 0.1) is 53.2 Å². The SMILES string of the molecule is O[C@@H]1[C@H](O)CCC[C@H]1Nc1nc2ccc(Cn3cnc4cc(-n5cncn5)cnc43)cc2s1. The van der Waals surface area contributed by atoms with E-state index >= 15 is 0 Å². The van der Waals surface area contributed by atoms with E-state index in [1.54, 1.807) is 34.9 Å². The number of imidazole rings is 1. The monoisotopic (exact) mass is 462 g/mol. The van der Waals surface area contributed by atoms with Gasteiger partial charge in [-0.2, -0.15) is 5.10 Å². The molecular formula is C22H22N8O2S. The van der Waals surface area contributed by atoms with Gasteiger partial charge >= 0.3 is 0 Å². The minimum Gasteiger partial charge on any atom is -0.390 e. The molecular weight excluding hydrogens is 440 g/mol. The first kappa shape index (κ1) is 20.2. The van der Waals surface area contributed by atoms with Crippen molar-refractivity contribution in [2.75, 3.05) is 5.32 Å². The van der Waals surface area contributed by atoms with Crippen LogP contribution in [0.4, 0.5) is 5.13 Å². The Morgan fingerprint density at radius 3 is 2.91 bits per heavy atom. The van der Waals surface area contributed by atoms with Gasteiger partial charge in [0.25, 0.3) is 0 Å². The number of thiazole rings is 1. The summed E-state index contributed by atoms with van der Waals surface area (Å²) in [6.45, 7) is 0.635. The van der Waals surface area contributed by atoms with Crippen molar-refractivity contribution in [2.45, 2.75) is 44.1 Å². The summed E-state index contributed by atoms with van der Waals surface area (Å²) in [6, 6.07) is 7.95. The molecule has 5 aromatic rings. The van der Waals surface area contributed by atoms with E-state index < -0.39 is 12.2 Å². The van der Waals surface area contributed by atoms with E-state index in [1.807, 2.05) is 16.7 Å². The highest BCUT2D eigenvalue weighted by Crippen LogP contribution is 2.30. The van der Waals surface area contributed by atoms with E-state index in [9.17, 15) is 10.2 Å². The van der Waals surface area contributed by atoms with E-state index in [4.69, 9.17) is 0 Å². The first-order valence-corrected chi connectivity index (χ1v) is 11.6. The maximum Gasteiger partial charge on any atom is 0.184 e. The van der Waals surface area contributed by atoms with E-state index in [-0.39, 0.29) is 6.04 Å². The number of nitrogens with zero attached hydrogens (tertiary/aromatic N) is 7. The second kappa shape index (κ2) is 8.18. The zero-order valence-corrected chi connectivity index (χ0v) is 18.4. The average molecular weight is 463 g/mol. The molecule has 0 bridgehead atoms. The Hall–Kier alpha value is -3.41. The number of benzene rings is 1. The third-order valence-electron chi connectivity index (χ3n) is 6.06. The highest BCUT2D eigenvalue weighted by molar-refractivity contribution is 7.22. The van der Waals surface area contributed by atoms with Gasteiger partial charge in [-0.05, 0) is 43.0 Å². The Bertz CT molecular complexity index is 1410. The van der Waals surface area contributed by atoms with E-state index in [0.29, 0.717) is 13.0 Å². The number of nitrogens with one attached hydrogen (secondary N) is 1. The summed E-state index contributed by atoms with van der Waals surface area (Å²) in [5.41, 5.74) is 4.43. The van der Waals surface area contributed by atoms with Crippen molar-refractivity contribution < 1.29 is 10.2 Å². The highest BCUT2D eigenvalue weighted by Gasteiger charge is 2.30. The van der Waals surface area contributed by atoms with Crippen LogP contribution in [0, 0.1) is 0 Å². The van der Waals surface area contributed by atoms with Crippen LogP contribution in [0.15, 0.2) is 49.4 Å². The lowest BCUT2D eigenvalue weighted by Gasteiger charge is -2.32. The molecule has 4 aromatic heterocycles. The van der Waals surface area contributed by atoms with E-state index in [2.05, 4.69) is 42.5 Å². The van der Waals surface area contributed by atoms with Crippen LogP contribution >= 0.6 is 11.3 Å². The molecule has 6 rings (SSSR count). The summed E-state index contributed by atoms with van der Waals surface area (Å²) in [6.07, 6.45) is 7.57. The molecule has 0 unspecified atom stereocenters.